The average Bonchev–Trinajstić information content (AvgIpc) is 2.17. The molecule has 0 aliphatic heterocycles. The van der Waals surface area contributed by atoms with E-state index in [0.29, 0.717) is 5.15 Å². The molecule has 0 radical (unpaired) electrons. The van der Waals surface area contributed by atoms with E-state index in [-0.39, 0.29) is 5.91 Å². The highest BCUT2D eigenvalue weighted by molar-refractivity contribution is 6.29. The maximum absolute atomic E-state index is 11.5. The predicted octanol–water partition coefficient (Wildman–Crippen LogP) is 1.76. The highest BCUT2D eigenvalue weighted by Crippen LogP contribution is 2.23. The van der Waals surface area contributed by atoms with Crippen molar-refractivity contribution in [3.63, 3.8) is 0 Å². The normalized spacial score (nSPS) is 11.1. The number of likely N-dealkylation sites (N-methyl/N-ethyl adjacent to an activating group) is 1. The first-order valence-electron chi connectivity index (χ1n) is 4.32. The molecule has 0 spiro atoms. The second-order valence-electron chi connectivity index (χ2n) is 3.57. The van der Waals surface area contributed by atoms with Crippen LogP contribution in [0.1, 0.15) is 19.4 Å². The fraction of sp³-hybridized carbons (Fsp3) is 0.400. The number of hydrogen-bond acceptors (Lipinski definition) is 2. The molecule has 0 saturated carbocycles. The van der Waals surface area contributed by atoms with Gasteiger partial charge in [-0.1, -0.05) is 17.7 Å². The zero-order chi connectivity index (χ0) is 10.8. The molecule has 0 atom stereocenters. The minimum atomic E-state index is -0.577. The number of rotatable bonds is 2. The average molecular weight is 213 g/mol. The summed E-state index contributed by atoms with van der Waals surface area (Å²) in [5.74, 6) is -0.0402. The molecule has 14 heavy (non-hydrogen) atoms. The Balaban J connectivity index is 3.03. The maximum Gasteiger partial charge on any atom is 0.229 e. The van der Waals surface area contributed by atoms with Gasteiger partial charge < -0.3 is 5.32 Å². The molecular formula is C10H13ClN2O. The van der Waals surface area contributed by atoms with Gasteiger partial charge in [-0.05, 0) is 25.5 Å². The largest absolute Gasteiger partial charge is 0.358 e. The second-order valence-corrected chi connectivity index (χ2v) is 3.96. The van der Waals surface area contributed by atoms with E-state index >= 15 is 0 Å². The van der Waals surface area contributed by atoms with Crippen LogP contribution in [0.5, 0.6) is 0 Å². The molecule has 0 saturated heterocycles. The Labute approximate surface area is 88.5 Å². The number of amides is 1. The number of carbonyl (C=O) groups excluding carboxylic acids is 1. The van der Waals surface area contributed by atoms with Crippen molar-refractivity contribution >= 4 is 17.5 Å². The molecule has 0 unspecified atom stereocenters. The van der Waals surface area contributed by atoms with Crippen molar-refractivity contribution in [3.8, 4) is 0 Å². The van der Waals surface area contributed by atoms with Gasteiger partial charge in [-0.25, -0.2) is 4.98 Å². The van der Waals surface area contributed by atoms with Crippen molar-refractivity contribution in [1.82, 2.24) is 10.3 Å². The summed E-state index contributed by atoms with van der Waals surface area (Å²) in [7, 11) is 1.62. The molecule has 1 rings (SSSR count). The van der Waals surface area contributed by atoms with Crippen molar-refractivity contribution in [1.29, 1.82) is 0 Å². The van der Waals surface area contributed by atoms with Crippen LogP contribution in [0.2, 0.25) is 5.15 Å². The number of aromatic nitrogens is 1. The number of carbonyl (C=O) groups is 1. The summed E-state index contributed by atoms with van der Waals surface area (Å²) in [4.78, 5) is 15.5. The van der Waals surface area contributed by atoms with Gasteiger partial charge >= 0.3 is 0 Å². The van der Waals surface area contributed by atoms with Crippen LogP contribution in [-0.2, 0) is 10.2 Å². The maximum atomic E-state index is 11.5. The number of nitrogens with zero attached hydrogens (tertiary/aromatic N) is 1. The van der Waals surface area contributed by atoms with E-state index < -0.39 is 5.41 Å². The third-order valence-corrected chi connectivity index (χ3v) is 2.47. The molecule has 0 aliphatic carbocycles. The van der Waals surface area contributed by atoms with Crippen LogP contribution in [0.15, 0.2) is 18.3 Å². The van der Waals surface area contributed by atoms with Crippen molar-refractivity contribution in [2.45, 2.75) is 19.3 Å². The van der Waals surface area contributed by atoms with Crippen LogP contribution >= 0.6 is 11.6 Å². The summed E-state index contributed by atoms with van der Waals surface area (Å²) in [5.41, 5.74) is 0.271. The SMILES string of the molecule is CNC(=O)C(C)(C)c1ccc(Cl)nc1. The fourth-order valence-corrected chi connectivity index (χ4v) is 1.30. The lowest BCUT2D eigenvalue weighted by Gasteiger charge is -2.22. The monoisotopic (exact) mass is 212 g/mol. The molecule has 3 nitrogen and oxygen atoms in total. The van der Waals surface area contributed by atoms with Gasteiger partial charge in [0.25, 0.3) is 0 Å². The highest BCUT2D eigenvalue weighted by Gasteiger charge is 2.28. The van der Waals surface area contributed by atoms with Crippen LogP contribution in [0, 0.1) is 0 Å². The minimum absolute atomic E-state index is 0.0402. The Kier molecular flexibility index (Phi) is 3.11. The third-order valence-electron chi connectivity index (χ3n) is 2.24. The molecule has 0 aromatic carbocycles. The molecule has 76 valence electrons. The molecule has 0 aliphatic rings. The molecule has 0 bridgehead atoms. The van der Waals surface area contributed by atoms with Crippen molar-refractivity contribution < 1.29 is 4.79 Å². The molecule has 1 N–H and O–H groups in total. The standard InChI is InChI=1S/C10H13ClN2O/c1-10(2,9(14)12-3)7-4-5-8(11)13-6-7/h4-6H,1-3H3,(H,12,14). The zero-order valence-corrected chi connectivity index (χ0v) is 9.22. The van der Waals surface area contributed by atoms with E-state index in [2.05, 4.69) is 10.3 Å². The topological polar surface area (TPSA) is 42.0 Å². The summed E-state index contributed by atoms with van der Waals surface area (Å²) in [5, 5.41) is 3.05. The third kappa shape index (κ3) is 2.04. The number of hydrogen-bond donors (Lipinski definition) is 1. The summed E-state index contributed by atoms with van der Waals surface area (Å²) in [6, 6.07) is 3.49. The number of halogens is 1. The molecule has 1 heterocycles. The Morgan fingerprint density at radius 1 is 1.50 bits per heavy atom. The first-order chi connectivity index (χ1) is 6.48. The number of nitrogens with one attached hydrogen (secondary N) is 1. The Morgan fingerprint density at radius 2 is 2.14 bits per heavy atom. The lowest BCUT2D eigenvalue weighted by Crippen LogP contribution is -2.38. The Hall–Kier alpha value is -1.09. The van der Waals surface area contributed by atoms with E-state index in [9.17, 15) is 4.79 Å². The van der Waals surface area contributed by atoms with E-state index in [1.807, 2.05) is 19.9 Å². The van der Waals surface area contributed by atoms with Gasteiger partial charge in [0.15, 0.2) is 0 Å². The van der Waals surface area contributed by atoms with E-state index in [4.69, 9.17) is 11.6 Å². The second kappa shape index (κ2) is 3.96. The van der Waals surface area contributed by atoms with Crippen LogP contribution in [0.4, 0.5) is 0 Å². The van der Waals surface area contributed by atoms with E-state index in [1.54, 1.807) is 19.3 Å². The zero-order valence-electron chi connectivity index (χ0n) is 8.47. The summed E-state index contributed by atoms with van der Waals surface area (Å²) < 4.78 is 0. The van der Waals surface area contributed by atoms with Gasteiger partial charge in [-0.2, -0.15) is 0 Å². The molecule has 1 aromatic heterocycles. The molecule has 4 heteroatoms. The van der Waals surface area contributed by atoms with Gasteiger partial charge in [0, 0.05) is 13.2 Å². The van der Waals surface area contributed by atoms with Crippen molar-refractivity contribution in [2.75, 3.05) is 7.05 Å². The summed E-state index contributed by atoms with van der Waals surface area (Å²) >= 11 is 5.66. The summed E-state index contributed by atoms with van der Waals surface area (Å²) in [6.45, 7) is 3.69. The Bertz CT molecular complexity index is 332. The van der Waals surface area contributed by atoms with Crippen LogP contribution in [0.25, 0.3) is 0 Å². The molecule has 1 aromatic rings. The van der Waals surface area contributed by atoms with Gasteiger partial charge in [-0.15, -0.1) is 0 Å². The lowest BCUT2D eigenvalue weighted by molar-refractivity contribution is -0.125. The lowest BCUT2D eigenvalue weighted by atomic mass is 9.85. The van der Waals surface area contributed by atoms with E-state index in [1.165, 1.54) is 0 Å². The minimum Gasteiger partial charge on any atom is -0.358 e. The Morgan fingerprint density at radius 3 is 2.57 bits per heavy atom. The van der Waals surface area contributed by atoms with Crippen molar-refractivity contribution in [3.05, 3.63) is 29.0 Å². The van der Waals surface area contributed by atoms with Gasteiger partial charge in [0.05, 0.1) is 5.41 Å². The molecule has 0 fully saturated rings. The predicted molar refractivity (Wildman–Crippen MR) is 56.3 cm³/mol. The van der Waals surface area contributed by atoms with E-state index in [0.717, 1.165) is 5.56 Å². The fourth-order valence-electron chi connectivity index (χ4n) is 1.19. The van der Waals surface area contributed by atoms with Gasteiger partial charge in [-0.3, -0.25) is 4.79 Å². The van der Waals surface area contributed by atoms with Gasteiger partial charge in [0.1, 0.15) is 5.15 Å². The van der Waals surface area contributed by atoms with Crippen LogP contribution < -0.4 is 5.32 Å². The van der Waals surface area contributed by atoms with Crippen molar-refractivity contribution in [2.24, 2.45) is 0 Å². The smallest absolute Gasteiger partial charge is 0.229 e. The number of pyridine rings is 1. The van der Waals surface area contributed by atoms with Gasteiger partial charge in [0.2, 0.25) is 5.91 Å². The highest BCUT2D eigenvalue weighted by atomic mass is 35.5. The van der Waals surface area contributed by atoms with Crippen LogP contribution in [-0.4, -0.2) is 17.9 Å². The quantitative estimate of drug-likeness (QED) is 0.760. The first-order valence-corrected chi connectivity index (χ1v) is 4.70. The van der Waals surface area contributed by atoms with Crippen LogP contribution in [0.3, 0.4) is 0 Å². The summed E-state index contributed by atoms with van der Waals surface area (Å²) in [6.07, 6.45) is 1.62. The first kappa shape index (κ1) is 11.0. The molecule has 1 amide bonds. The molecular weight excluding hydrogens is 200 g/mol.